The van der Waals surface area contributed by atoms with Gasteiger partial charge < -0.3 is 4.90 Å². The molecule has 6 nitrogen and oxygen atoms in total. The first-order valence-electron chi connectivity index (χ1n) is 10.2. The molecule has 0 saturated carbocycles. The van der Waals surface area contributed by atoms with Crippen molar-refractivity contribution in [3.05, 3.63) is 16.3 Å². The van der Waals surface area contributed by atoms with Gasteiger partial charge in [0.15, 0.2) is 10.8 Å². The minimum Gasteiger partial charge on any atom is -0.339 e. The molecule has 1 aliphatic carbocycles. The highest BCUT2D eigenvalue weighted by Crippen LogP contribution is 2.38. The number of aryl methyl sites for hydroxylation is 3. The van der Waals surface area contributed by atoms with Gasteiger partial charge in [-0.1, -0.05) is 11.8 Å². The lowest BCUT2D eigenvalue weighted by atomic mass is 9.97. The summed E-state index contributed by atoms with van der Waals surface area (Å²) < 4.78 is 2.04. The maximum Gasteiger partial charge on any atom is 0.233 e. The number of hydrogen-bond acceptors (Lipinski definition) is 6. The zero-order valence-corrected chi connectivity index (χ0v) is 18.0. The standard InChI is InChI=1S/C20H25N5OS2/c1-12-7-5-6-10-24(12)16(26)11-27-20-23-22-18-17-14-8-3-4-9-15(14)28-19(17)21-13(2)25(18)20/h12H,3-11H2,1-2H3/t12-/m1/s1. The van der Waals surface area contributed by atoms with E-state index < -0.39 is 0 Å². The fraction of sp³-hybridized carbons (Fsp3) is 0.600. The molecule has 5 rings (SSSR count). The third-order valence-electron chi connectivity index (χ3n) is 6.04. The monoisotopic (exact) mass is 415 g/mol. The molecular formula is C20H25N5OS2. The average molecular weight is 416 g/mol. The van der Waals surface area contributed by atoms with E-state index in [1.165, 1.54) is 46.9 Å². The van der Waals surface area contributed by atoms with Gasteiger partial charge >= 0.3 is 0 Å². The zero-order chi connectivity index (χ0) is 19.3. The molecular weight excluding hydrogens is 390 g/mol. The number of thioether (sulfide) groups is 1. The zero-order valence-electron chi connectivity index (χ0n) is 16.4. The van der Waals surface area contributed by atoms with Crippen molar-refractivity contribution in [2.75, 3.05) is 12.3 Å². The van der Waals surface area contributed by atoms with E-state index in [1.807, 2.05) is 27.6 Å². The number of fused-ring (bicyclic) bond motifs is 5. The normalized spacial score (nSPS) is 20.1. The van der Waals surface area contributed by atoms with Crippen LogP contribution < -0.4 is 0 Å². The van der Waals surface area contributed by atoms with Gasteiger partial charge in [0, 0.05) is 17.5 Å². The molecule has 1 atom stereocenters. The molecule has 1 amide bonds. The molecule has 4 heterocycles. The number of carbonyl (C=O) groups is 1. The highest BCUT2D eigenvalue weighted by molar-refractivity contribution is 7.99. The number of nitrogens with zero attached hydrogens (tertiary/aromatic N) is 5. The van der Waals surface area contributed by atoms with Crippen LogP contribution in [0.4, 0.5) is 0 Å². The van der Waals surface area contributed by atoms with Gasteiger partial charge in [-0.3, -0.25) is 9.20 Å². The van der Waals surface area contributed by atoms with Crippen LogP contribution in [0.5, 0.6) is 0 Å². The number of rotatable bonds is 3. The van der Waals surface area contributed by atoms with Gasteiger partial charge in [0.25, 0.3) is 0 Å². The van der Waals surface area contributed by atoms with Crippen LogP contribution in [0.1, 0.15) is 55.3 Å². The second-order valence-corrected chi connectivity index (χ2v) is 9.94. The number of piperidine rings is 1. The van der Waals surface area contributed by atoms with Crippen molar-refractivity contribution in [3.8, 4) is 0 Å². The summed E-state index contributed by atoms with van der Waals surface area (Å²) in [6, 6.07) is 0.345. The second-order valence-electron chi connectivity index (χ2n) is 7.91. The number of carbonyl (C=O) groups excluding carboxylic acids is 1. The maximum absolute atomic E-state index is 12.7. The summed E-state index contributed by atoms with van der Waals surface area (Å²) >= 11 is 3.30. The van der Waals surface area contributed by atoms with Gasteiger partial charge in [0.1, 0.15) is 10.7 Å². The molecule has 0 unspecified atom stereocenters. The Bertz CT molecular complexity index is 1060. The molecule has 3 aromatic rings. The Hall–Kier alpha value is -1.67. The van der Waals surface area contributed by atoms with E-state index in [9.17, 15) is 4.79 Å². The van der Waals surface area contributed by atoms with Crippen LogP contribution in [0.2, 0.25) is 0 Å². The Morgan fingerprint density at radius 2 is 2.07 bits per heavy atom. The van der Waals surface area contributed by atoms with Gasteiger partial charge in [-0.15, -0.1) is 21.5 Å². The predicted molar refractivity (Wildman–Crippen MR) is 113 cm³/mol. The van der Waals surface area contributed by atoms with E-state index >= 15 is 0 Å². The highest BCUT2D eigenvalue weighted by Gasteiger charge is 2.25. The molecule has 1 aliphatic heterocycles. The van der Waals surface area contributed by atoms with Crippen LogP contribution in [-0.4, -0.2) is 48.7 Å². The van der Waals surface area contributed by atoms with Crippen LogP contribution in [-0.2, 0) is 17.6 Å². The molecule has 148 valence electrons. The predicted octanol–water partition coefficient (Wildman–Crippen LogP) is 4.02. The van der Waals surface area contributed by atoms with Crippen molar-refractivity contribution in [3.63, 3.8) is 0 Å². The van der Waals surface area contributed by atoms with Crippen LogP contribution in [0.25, 0.3) is 15.9 Å². The topological polar surface area (TPSA) is 63.4 Å². The molecule has 3 aromatic heterocycles. The highest BCUT2D eigenvalue weighted by atomic mass is 32.2. The van der Waals surface area contributed by atoms with Crippen molar-refractivity contribution in [2.24, 2.45) is 0 Å². The third kappa shape index (κ3) is 3.01. The Balaban J connectivity index is 1.46. The first-order valence-corrected chi connectivity index (χ1v) is 12.0. The Morgan fingerprint density at radius 3 is 2.93 bits per heavy atom. The lowest BCUT2D eigenvalue weighted by molar-refractivity contribution is -0.131. The molecule has 1 fully saturated rings. The summed E-state index contributed by atoms with van der Waals surface area (Å²) in [5.74, 6) is 1.51. The molecule has 0 aromatic carbocycles. The fourth-order valence-corrected chi connectivity index (χ4v) is 6.72. The van der Waals surface area contributed by atoms with Crippen molar-refractivity contribution in [2.45, 2.75) is 70.0 Å². The molecule has 1 saturated heterocycles. The first-order chi connectivity index (χ1) is 13.6. The Morgan fingerprint density at radius 1 is 1.21 bits per heavy atom. The molecule has 28 heavy (non-hydrogen) atoms. The van der Waals surface area contributed by atoms with Gasteiger partial charge in [-0.25, -0.2) is 4.98 Å². The van der Waals surface area contributed by atoms with E-state index in [4.69, 9.17) is 4.98 Å². The van der Waals surface area contributed by atoms with Gasteiger partial charge in [0.2, 0.25) is 5.91 Å². The summed E-state index contributed by atoms with van der Waals surface area (Å²) in [5.41, 5.74) is 2.33. The van der Waals surface area contributed by atoms with Crippen molar-refractivity contribution in [1.82, 2.24) is 24.5 Å². The molecule has 2 aliphatic rings. The summed E-state index contributed by atoms with van der Waals surface area (Å²) in [6.07, 6.45) is 8.19. The maximum atomic E-state index is 12.7. The van der Waals surface area contributed by atoms with E-state index in [2.05, 4.69) is 17.1 Å². The summed E-state index contributed by atoms with van der Waals surface area (Å²) in [6.45, 7) is 5.04. The number of hydrogen-bond donors (Lipinski definition) is 0. The van der Waals surface area contributed by atoms with E-state index in [0.29, 0.717) is 11.8 Å². The van der Waals surface area contributed by atoms with Gasteiger partial charge in [-0.05, 0) is 64.4 Å². The Labute approximate surface area is 172 Å². The lowest BCUT2D eigenvalue weighted by Crippen LogP contribution is -2.42. The minimum atomic E-state index is 0.202. The molecule has 0 spiro atoms. The first kappa shape index (κ1) is 18.4. The second kappa shape index (κ2) is 7.30. The summed E-state index contributed by atoms with van der Waals surface area (Å²) in [4.78, 5) is 22.2. The molecule has 0 N–H and O–H groups in total. The van der Waals surface area contributed by atoms with E-state index in [0.717, 1.165) is 53.7 Å². The smallest absolute Gasteiger partial charge is 0.233 e. The fourth-order valence-electron chi connectivity index (χ4n) is 4.55. The van der Waals surface area contributed by atoms with Gasteiger partial charge in [0.05, 0.1) is 11.1 Å². The van der Waals surface area contributed by atoms with E-state index in [1.54, 1.807) is 0 Å². The minimum absolute atomic E-state index is 0.202. The molecule has 0 bridgehead atoms. The summed E-state index contributed by atoms with van der Waals surface area (Å²) in [7, 11) is 0. The van der Waals surface area contributed by atoms with Crippen molar-refractivity contribution >= 4 is 44.9 Å². The number of amides is 1. The Kier molecular flexibility index (Phi) is 4.79. The largest absolute Gasteiger partial charge is 0.339 e. The number of likely N-dealkylation sites (tertiary alicyclic amines) is 1. The van der Waals surface area contributed by atoms with Crippen LogP contribution in [0.15, 0.2) is 5.16 Å². The van der Waals surface area contributed by atoms with Crippen LogP contribution in [0.3, 0.4) is 0 Å². The number of aromatic nitrogens is 4. The van der Waals surface area contributed by atoms with Crippen LogP contribution in [0, 0.1) is 6.92 Å². The quantitative estimate of drug-likeness (QED) is 0.605. The van der Waals surface area contributed by atoms with E-state index in [-0.39, 0.29) is 5.91 Å². The summed E-state index contributed by atoms with van der Waals surface area (Å²) in [5, 5.41) is 10.9. The van der Waals surface area contributed by atoms with Crippen molar-refractivity contribution < 1.29 is 4.79 Å². The number of thiophene rings is 1. The SMILES string of the molecule is Cc1nc2sc3c(c2c2nnc(SCC(=O)N4CCCC[C@H]4C)n12)CCCC3. The lowest BCUT2D eigenvalue weighted by Gasteiger charge is -2.33. The molecule has 8 heteroatoms. The van der Waals surface area contributed by atoms with Crippen LogP contribution >= 0.6 is 23.1 Å². The average Bonchev–Trinajstić information content (AvgIpc) is 3.27. The van der Waals surface area contributed by atoms with Crippen molar-refractivity contribution in [1.29, 1.82) is 0 Å². The third-order valence-corrected chi connectivity index (χ3v) is 8.14. The molecule has 0 radical (unpaired) electrons. The van der Waals surface area contributed by atoms with Gasteiger partial charge in [-0.2, -0.15) is 0 Å².